The summed E-state index contributed by atoms with van der Waals surface area (Å²) in [7, 11) is 0. The van der Waals surface area contributed by atoms with Gasteiger partial charge in [0.15, 0.2) is 0 Å². The summed E-state index contributed by atoms with van der Waals surface area (Å²) >= 11 is 0. The quantitative estimate of drug-likeness (QED) is 0.751. The highest BCUT2D eigenvalue weighted by molar-refractivity contribution is 4.86. The van der Waals surface area contributed by atoms with Crippen LogP contribution in [-0.4, -0.2) is 24.8 Å². The molecule has 0 bridgehead atoms. The van der Waals surface area contributed by atoms with E-state index in [1.54, 1.807) is 0 Å². The van der Waals surface area contributed by atoms with Gasteiger partial charge in [-0.2, -0.15) is 0 Å². The van der Waals surface area contributed by atoms with Gasteiger partial charge >= 0.3 is 0 Å². The average molecular weight is 227 g/mol. The van der Waals surface area contributed by atoms with Crippen molar-refractivity contribution in [3.63, 3.8) is 0 Å². The van der Waals surface area contributed by atoms with Gasteiger partial charge in [0, 0.05) is 12.6 Å². The molecule has 2 heteroatoms. The zero-order valence-corrected chi connectivity index (χ0v) is 11.5. The summed E-state index contributed by atoms with van der Waals surface area (Å²) in [4.78, 5) is 0. The standard InChI is InChI=1S/C14H29NO/c1-5-9-15-13-7-10-16-14(4,11-13)8-6-12(2)3/h12-13,15H,5-11H2,1-4H3. The lowest BCUT2D eigenvalue weighted by molar-refractivity contribution is -0.0831. The number of hydrogen-bond acceptors (Lipinski definition) is 2. The highest BCUT2D eigenvalue weighted by atomic mass is 16.5. The topological polar surface area (TPSA) is 21.3 Å². The Hall–Kier alpha value is -0.0800. The van der Waals surface area contributed by atoms with E-state index in [4.69, 9.17) is 4.74 Å². The molecule has 1 heterocycles. The molecular formula is C14H29NO. The summed E-state index contributed by atoms with van der Waals surface area (Å²) in [5.74, 6) is 0.782. The molecule has 1 N–H and O–H groups in total. The molecule has 0 aromatic heterocycles. The van der Waals surface area contributed by atoms with Crippen LogP contribution in [0.5, 0.6) is 0 Å². The normalized spacial score (nSPS) is 30.9. The Kier molecular flexibility index (Phi) is 5.77. The zero-order valence-electron chi connectivity index (χ0n) is 11.5. The lowest BCUT2D eigenvalue weighted by atomic mass is 9.86. The molecule has 2 atom stereocenters. The van der Waals surface area contributed by atoms with E-state index in [9.17, 15) is 0 Å². The summed E-state index contributed by atoms with van der Waals surface area (Å²) in [6.45, 7) is 11.2. The van der Waals surface area contributed by atoms with Gasteiger partial charge in [-0.25, -0.2) is 0 Å². The lowest BCUT2D eigenvalue weighted by Gasteiger charge is -2.39. The molecule has 1 aliphatic rings. The first-order chi connectivity index (χ1) is 7.56. The van der Waals surface area contributed by atoms with E-state index < -0.39 is 0 Å². The third-order valence-electron chi connectivity index (χ3n) is 3.53. The van der Waals surface area contributed by atoms with Crippen molar-refractivity contribution in [2.24, 2.45) is 5.92 Å². The number of rotatable bonds is 6. The fraction of sp³-hybridized carbons (Fsp3) is 1.00. The first-order valence-electron chi connectivity index (χ1n) is 6.93. The molecule has 0 radical (unpaired) electrons. The van der Waals surface area contributed by atoms with Crippen LogP contribution in [0, 0.1) is 5.92 Å². The van der Waals surface area contributed by atoms with Gasteiger partial charge in [-0.3, -0.25) is 0 Å². The summed E-state index contributed by atoms with van der Waals surface area (Å²) in [6.07, 6.45) is 6.06. The maximum atomic E-state index is 5.99. The Morgan fingerprint density at radius 1 is 1.44 bits per heavy atom. The van der Waals surface area contributed by atoms with Crippen LogP contribution in [0.25, 0.3) is 0 Å². The van der Waals surface area contributed by atoms with Gasteiger partial charge < -0.3 is 10.1 Å². The van der Waals surface area contributed by atoms with Crippen LogP contribution in [0.4, 0.5) is 0 Å². The van der Waals surface area contributed by atoms with Crippen LogP contribution in [0.3, 0.4) is 0 Å². The number of nitrogens with one attached hydrogen (secondary N) is 1. The van der Waals surface area contributed by atoms with Crippen molar-refractivity contribution in [1.82, 2.24) is 5.32 Å². The van der Waals surface area contributed by atoms with Gasteiger partial charge in [-0.05, 0) is 51.5 Å². The predicted octanol–water partition coefficient (Wildman–Crippen LogP) is 3.36. The Morgan fingerprint density at radius 3 is 2.81 bits per heavy atom. The van der Waals surface area contributed by atoms with E-state index in [-0.39, 0.29) is 5.60 Å². The highest BCUT2D eigenvalue weighted by Crippen LogP contribution is 2.30. The maximum Gasteiger partial charge on any atom is 0.0669 e. The second-order valence-corrected chi connectivity index (χ2v) is 5.87. The largest absolute Gasteiger partial charge is 0.375 e. The van der Waals surface area contributed by atoms with Gasteiger partial charge in [0.25, 0.3) is 0 Å². The lowest BCUT2D eigenvalue weighted by Crippen LogP contribution is -2.45. The number of ether oxygens (including phenoxy) is 1. The van der Waals surface area contributed by atoms with Crippen molar-refractivity contribution < 1.29 is 4.74 Å². The van der Waals surface area contributed by atoms with Gasteiger partial charge in [0.05, 0.1) is 5.60 Å². The Balaban J connectivity index is 2.35. The second-order valence-electron chi connectivity index (χ2n) is 5.87. The molecule has 0 aliphatic carbocycles. The maximum absolute atomic E-state index is 5.99. The van der Waals surface area contributed by atoms with Crippen molar-refractivity contribution in [3.8, 4) is 0 Å². The second kappa shape index (κ2) is 6.61. The van der Waals surface area contributed by atoms with Crippen LogP contribution in [0.15, 0.2) is 0 Å². The van der Waals surface area contributed by atoms with Crippen LogP contribution in [-0.2, 0) is 4.74 Å². The summed E-state index contributed by atoms with van der Waals surface area (Å²) < 4.78 is 5.99. The van der Waals surface area contributed by atoms with E-state index in [0.29, 0.717) is 6.04 Å². The minimum Gasteiger partial charge on any atom is -0.375 e. The molecule has 0 aromatic carbocycles. The summed E-state index contributed by atoms with van der Waals surface area (Å²) in [5, 5.41) is 3.63. The molecule has 16 heavy (non-hydrogen) atoms. The van der Waals surface area contributed by atoms with Crippen molar-refractivity contribution in [2.45, 2.75) is 71.4 Å². The van der Waals surface area contributed by atoms with Gasteiger partial charge in [0.1, 0.15) is 0 Å². The Bertz CT molecular complexity index is 193. The van der Waals surface area contributed by atoms with E-state index in [0.717, 1.165) is 19.1 Å². The molecule has 0 spiro atoms. The molecule has 1 rings (SSSR count). The van der Waals surface area contributed by atoms with E-state index in [1.807, 2.05) is 0 Å². The van der Waals surface area contributed by atoms with Crippen LogP contribution >= 0.6 is 0 Å². The van der Waals surface area contributed by atoms with E-state index >= 15 is 0 Å². The van der Waals surface area contributed by atoms with E-state index in [2.05, 4.69) is 33.0 Å². The summed E-state index contributed by atoms with van der Waals surface area (Å²) in [6, 6.07) is 0.672. The molecule has 2 nitrogen and oxygen atoms in total. The highest BCUT2D eigenvalue weighted by Gasteiger charge is 2.32. The zero-order chi connectivity index (χ0) is 12.0. The van der Waals surface area contributed by atoms with E-state index in [1.165, 1.54) is 32.1 Å². The molecule has 1 saturated heterocycles. The van der Waals surface area contributed by atoms with Crippen molar-refractivity contribution in [3.05, 3.63) is 0 Å². The SMILES string of the molecule is CCCNC1CCOC(C)(CCC(C)C)C1. The Morgan fingerprint density at radius 2 is 2.19 bits per heavy atom. The third-order valence-corrected chi connectivity index (χ3v) is 3.53. The minimum atomic E-state index is 0.119. The van der Waals surface area contributed by atoms with Gasteiger partial charge in [-0.1, -0.05) is 20.8 Å². The van der Waals surface area contributed by atoms with Gasteiger partial charge in [0.2, 0.25) is 0 Å². The number of hydrogen-bond donors (Lipinski definition) is 1. The molecular weight excluding hydrogens is 198 g/mol. The third kappa shape index (κ3) is 4.84. The monoisotopic (exact) mass is 227 g/mol. The fourth-order valence-electron chi connectivity index (χ4n) is 2.42. The van der Waals surface area contributed by atoms with Crippen molar-refractivity contribution in [2.75, 3.05) is 13.2 Å². The van der Waals surface area contributed by atoms with Gasteiger partial charge in [-0.15, -0.1) is 0 Å². The molecule has 0 saturated carbocycles. The van der Waals surface area contributed by atoms with Crippen molar-refractivity contribution >= 4 is 0 Å². The smallest absolute Gasteiger partial charge is 0.0669 e. The molecule has 96 valence electrons. The summed E-state index contributed by atoms with van der Waals surface area (Å²) in [5.41, 5.74) is 0.119. The molecule has 1 aliphatic heterocycles. The minimum absolute atomic E-state index is 0.119. The first-order valence-corrected chi connectivity index (χ1v) is 6.93. The fourth-order valence-corrected chi connectivity index (χ4v) is 2.42. The molecule has 0 amide bonds. The average Bonchev–Trinajstić information content (AvgIpc) is 2.24. The molecule has 2 unspecified atom stereocenters. The predicted molar refractivity (Wildman–Crippen MR) is 69.7 cm³/mol. The molecule has 0 aromatic rings. The van der Waals surface area contributed by atoms with Crippen LogP contribution in [0.1, 0.15) is 59.8 Å². The first kappa shape index (κ1) is 14.0. The van der Waals surface area contributed by atoms with Crippen LogP contribution in [0.2, 0.25) is 0 Å². The van der Waals surface area contributed by atoms with Crippen molar-refractivity contribution in [1.29, 1.82) is 0 Å². The molecule has 1 fully saturated rings. The Labute approximate surface area is 101 Å². The van der Waals surface area contributed by atoms with Crippen LogP contribution < -0.4 is 5.32 Å².